The van der Waals surface area contributed by atoms with Gasteiger partial charge in [-0.1, -0.05) is 60.7 Å². The number of carbonyl (C=O) groups excluding carboxylic acids is 1. The van der Waals surface area contributed by atoms with Crippen LogP contribution in [0.2, 0.25) is 0 Å². The SMILES string of the molecule is CCN(CC)/C(=C/c1ccccc1)C(=O)c1ccccc1. The van der Waals surface area contributed by atoms with Gasteiger partial charge in [-0.25, -0.2) is 0 Å². The van der Waals surface area contributed by atoms with Gasteiger partial charge in [0.1, 0.15) is 0 Å². The van der Waals surface area contributed by atoms with E-state index in [0.29, 0.717) is 0 Å². The third kappa shape index (κ3) is 3.82. The van der Waals surface area contributed by atoms with Crippen molar-refractivity contribution in [1.82, 2.24) is 4.90 Å². The van der Waals surface area contributed by atoms with Gasteiger partial charge in [-0.05, 0) is 25.5 Å². The molecule has 2 nitrogen and oxygen atoms in total. The number of nitrogens with zero attached hydrogens (tertiary/aromatic N) is 1. The van der Waals surface area contributed by atoms with Crippen molar-refractivity contribution in [3.05, 3.63) is 77.5 Å². The van der Waals surface area contributed by atoms with E-state index in [1.807, 2.05) is 66.7 Å². The first kappa shape index (κ1) is 15.0. The molecule has 0 radical (unpaired) electrons. The van der Waals surface area contributed by atoms with Gasteiger partial charge in [0.15, 0.2) is 0 Å². The van der Waals surface area contributed by atoms with Gasteiger partial charge in [-0.2, -0.15) is 0 Å². The Morgan fingerprint density at radius 1 is 0.905 bits per heavy atom. The first-order valence-corrected chi connectivity index (χ1v) is 7.37. The van der Waals surface area contributed by atoms with Crippen LogP contribution in [-0.4, -0.2) is 23.8 Å². The summed E-state index contributed by atoms with van der Waals surface area (Å²) >= 11 is 0. The van der Waals surface area contributed by atoms with Gasteiger partial charge in [-0.3, -0.25) is 4.79 Å². The van der Waals surface area contributed by atoms with Crippen molar-refractivity contribution in [1.29, 1.82) is 0 Å². The van der Waals surface area contributed by atoms with E-state index in [1.165, 1.54) is 0 Å². The van der Waals surface area contributed by atoms with Gasteiger partial charge < -0.3 is 4.90 Å². The normalized spacial score (nSPS) is 11.2. The summed E-state index contributed by atoms with van der Waals surface area (Å²) < 4.78 is 0. The number of hydrogen-bond donors (Lipinski definition) is 0. The fourth-order valence-electron chi connectivity index (χ4n) is 2.31. The lowest BCUT2D eigenvalue weighted by Gasteiger charge is -2.23. The average molecular weight is 279 g/mol. The minimum absolute atomic E-state index is 0.0724. The highest BCUT2D eigenvalue weighted by molar-refractivity contribution is 6.10. The molecule has 21 heavy (non-hydrogen) atoms. The lowest BCUT2D eigenvalue weighted by atomic mass is 10.0. The van der Waals surface area contributed by atoms with Crippen LogP contribution in [0.15, 0.2) is 66.4 Å². The molecule has 0 aliphatic heterocycles. The second-order valence-electron chi connectivity index (χ2n) is 4.81. The second-order valence-corrected chi connectivity index (χ2v) is 4.81. The van der Waals surface area contributed by atoms with Crippen LogP contribution in [-0.2, 0) is 0 Å². The number of hydrogen-bond acceptors (Lipinski definition) is 2. The number of Topliss-reactive ketones (excluding diaryl/α,β-unsaturated/α-hetero) is 1. The molecule has 0 N–H and O–H groups in total. The molecule has 2 aromatic carbocycles. The first-order chi connectivity index (χ1) is 10.3. The standard InChI is InChI=1S/C19H21NO/c1-3-20(4-2)18(15-16-11-7-5-8-12-16)19(21)17-13-9-6-10-14-17/h5-15H,3-4H2,1-2H3/b18-15+. The zero-order chi connectivity index (χ0) is 15.1. The fourth-order valence-corrected chi connectivity index (χ4v) is 2.31. The molecule has 0 aliphatic rings. The van der Waals surface area contributed by atoms with Crippen LogP contribution in [0.1, 0.15) is 29.8 Å². The van der Waals surface area contributed by atoms with Crippen molar-refractivity contribution in [2.45, 2.75) is 13.8 Å². The third-order valence-corrected chi connectivity index (χ3v) is 3.48. The molecule has 108 valence electrons. The van der Waals surface area contributed by atoms with E-state index in [4.69, 9.17) is 0 Å². The van der Waals surface area contributed by atoms with Gasteiger partial charge in [0.2, 0.25) is 5.78 Å². The van der Waals surface area contributed by atoms with Crippen molar-refractivity contribution >= 4 is 11.9 Å². The van der Waals surface area contributed by atoms with Crippen molar-refractivity contribution in [2.75, 3.05) is 13.1 Å². The van der Waals surface area contributed by atoms with E-state index in [2.05, 4.69) is 18.7 Å². The quantitative estimate of drug-likeness (QED) is 0.582. The molecule has 0 amide bonds. The monoisotopic (exact) mass is 279 g/mol. The number of allylic oxidation sites excluding steroid dienone is 1. The fraction of sp³-hybridized carbons (Fsp3) is 0.211. The van der Waals surface area contributed by atoms with Crippen LogP contribution in [0.5, 0.6) is 0 Å². The summed E-state index contributed by atoms with van der Waals surface area (Å²) in [5.41, 5.74) is 2.52. The highest BCUT2D eigenvalue weighted by Crippen LogP contribution is 2.16. The lowest BCUT2D eigenvalue weighted by molar-refractivity contribution is 0.0995. The van der Waals surface area contributed by atoms with Gasteiger partial charge in [0.25, 0.3) is 0 Å². The molecule has 0 aliphatic carbocycles. The maximum atomic E-state index is 12.8. The molecular formula is C19H21NO. The van der Waals surface area contributed by atoms with Gasteiger partial charge in [0, 0.05) is 18.7 Å². The van der Waals surface area contributed by atoms with E-state index in [9.17, 15) is 4.79 Å². The van der Waals surface area contributed by atoms with Crippen molar-refractivity contribution in [3.63, 3.8) is 0 Å². The molecule has 2 aromatic rings. The van der Waals surface area contributed by atoms with Crippen LogP contribution in [0, 0.1) is 0 Å². The summed E-state index contributed by atoms with van der Waals surface area (Å²) in [7, 11) is 0. The Kier molecular flexibility index (Phi) is 5.33. The van der Waals surface area contributed by atoms with Gasteiger partial charge in [-0.15, -0.1) is 0 Å². The summed E-state index contributed by atoms with van der Waals surface area (Å²) in [4.78, 5) is 14.9. The van der Waals surface area contributed by atoms with Crippen LogP contribution < -0.4 is 0 Å². The molecule has 0 atom stereocenters. The predicted octanol–water partition coefficient (Wildman–Crippen LogP) is 4.25. The minimum Gasteiger partial charge on any atom is -0.369 e. The molecule has 0 saturated heterocycles. The zero-order valence-corrected chi connectivity index (χ0v) is 12.6. The predicted molar refractivity (Wildman–Crippen MR) is 88.1 cm³/mol. The van der Waals surface area contributed by atoms with Crippen LogP contribution >= 0.6 is 0 Å². The van der Waals surface area contributed by atoms with Crippen LogP contribution in [0.25, 0.3) is 6.08 Å². The molecule has 0 aromatic heterocycles. The molecule has 2 heteroatoms. The summed E-state index contributed by atoms with van der Waals surface area (Å²) in [6.07, 6.45) is 1.97. The van der Waals surface area contributed by atoms with Crippen molar-refractivity contribution in [3.8, 4) is 0 Å². The van der Waals surface area contributed by atoms with Crippen LogP contribution in [0.4, 0.5) is 0 Å². The first-order valence-electron chi connectivity index (χ1n) is 7.37. The number of likely N-dealkylation sites (N-methyl/N-ethyl adjacent to an activating group) is 1. The topological polar surface area (TPSA) is 20.3 Å². The summed E-state index contributed by atoms with van der Waals surface area (Å²) in [6, 6.07) is 19.4. The summed E-state index contributed by atoms with van der Waals surface area (Å²) in [6.45, 7) is 5.77. The van der Waals surface area contributed by atoms with Gasteiger partial charge >= 0.3 is 0 Å². The molecule has 0 heterocycles. The van der Waals surface area contributed by atoms with Crippen LogP contribution in [0.3, 0.4) is 0 Å². The Morgan fingerprint density at radius 2 is 1.43 bits per heavy atom. The largest absolute Gasteiger partial charge is 0.369 e. The molecule has 0 saturated carbocycles. The second kappa shape index (κ2) is 7.44. The number of rotatable bonds is 6. The Bertz CT molecular complexity index is 598. The molecule has 0 unspecified atom stereocenters. The molecule has 2 rings (SSSR count). The van der Waals surface area contributed by atoms with Crippen molar-refractivity contribution < 1.29 is 4.79 Å². The number of ketones is 1. The maximum absolute atomic E-state index is 12.8. The van der Waals surface area contributed by atoms with Crippen molar-refractivity contribution in [2.24, 2.45) is 0 Å². The van der Waals surface area contributed by atoms with Gasteiger partial charge in [0.05, 0.1) is 5.70 Å². The Balaban J connectivity index is 2.42. The van der Waals surface area contributed by atoms with E-state index >= 15 is 0 Å². The minimum atomic E-state index is 0.0724. The number of carbonyl (C=O) groups is 1. The summed E-state index contributed by atoms with van der Waals surface area (Å²) in [5, 5.41) is 0. The summed E-state index contributed by atoms with van der Waals surface area (Å²) in [5.74, 6) is 0.0724. The van der Waals surface area contributed by atoms with E-state index in [1.54, 1.807) is 0 Å². The third-order valence-electron chi connectivity index (χ3n) is 3.48. The zero-order valence-electron chi connectivity index (χ0n) is 12.6. The average Bonchev–Trinajstić information content (AvgIpc) is 2.56. The highest BCUT2D eigenvalue weighted by Gasteiger charge is 2.16. The Hall–Kier alpha value is -2.35. The maximum Gasteiger partial charge on any atom is 0.209 e. The lowest BCUT2D eigenvalue weighted by Crippen LogP contribution is -2.27. The molecule has 0 spiro atoms. The smallest absolute Gasteiger partial charge is 0.209 e. The molecule has 0 bridgehead atoms. The Labute approximate surface area is 126 Å². The molecular weight excluding hydrogens is 258 g/mol. The highest BCUT2D eigenvalue weighted by atomic mass is 16.1. The number of benzene rings is 2. The van der Waals surface area contributed by atoms with E-state index < -0.39 is 0 Å². The van der Waals surface area contributed by atoms with E-state index in [0.717, 1.165) is 29.9 Å². The van der Waals surface area contributed by atoms with E-state index in [-0.39, 0.29) is 5.78 Å². The molecule has 0 fully saturated rings. The Morgan fingerprint density at radius 3 is 1.95 bits per heavy atom.